The van der Waals surface area contributed by atoms with Gasteiger partial charge in [0.2, 0.25) is 0 Å². The van der Waals surface area contributed by atoms with Crippen molar-refractivity contribution in [2.45, 2.75) is 39.8 Å². The molecule has 6 heteroatoms. The number of anilines is 1. The van der Waals surface area contributed by atoms with Crippen molar-refractivity contribution < 1.29 is 4.74 Å². The Balaban J connectivity index is 2.19. The minimum atomic E-state index is 0.433. The molecule has 2 aromatic rings. The molecule has 114 valence electrons. The van der Waals surface area contributed by atoms with Gasteiger partial charge in [0.1, 0.15) is 18.2 Å². The van der Waals surface area contributed by atoms with Gasteiger partial charge in [-0.25, -0.2) is 15.0 Å². The molecule has 0 aliphatic heterocycles. The summed E-state index contributed by atoms with van der Waals surface area (Å²) < 4.78 is 7.57. The molecule has 2 aromatic heterocycles. The molecule has 0 saturated heterocycles. The van der Waals surface area contributed by atoms with Gasteiger partial charge in [-0.1, -0.05) is 6.92 Å². The first kappa shape index (κ1) is 15.4. The van der Waals surface area contributed by atoms with E-state index in [1.54, 1.807) is 0 Å². The average molecular weight is 289 g/mol. The van der Waals surface area contributed by atoms with Crippen LogP contribution in [0.2, 0.25) is 0 Å². The first-order chi connectivity index (χ1) is 10.3. The molecule has 21 heavy (non-hydrogen) atoms. The lowest BCUT2D eigenvalue weighted by Crippen LogP contribution is -2.09. The number of rotatable bonds is 8. The van der Waals surface area contributed by atoms with E-state index in [-0.39, 0.29) is 0 Å². The highest BCUT2D eigenvalue weighted by Gasteiger charge is 2.08. The second-order valence-corrected chi connectivity index (χ2v) is 4.76. The molecular formula is C15H23N5O. The Kier molecular flexibility index (Phi) is 5.68. The first-order valence-electron chi connectivity index (χ1n) is 7.39. The van der Waals surface area contributed by atoms with E-state index in [2.05, 4.69) is 31.8 Å². The molecule has 2 rings (SSSR count). The third-order valence-electron chi connectivity index (χ3n) is 3.12. The van der Waals surface area contributed by atoms with Crippen LogP contribution in [-0.2, 0) is 24.3 Å². The Morgan fingerprint density at radius 2 is 2.14 bits per heavy atom. The molecule has 6 nitrogen and oxygen atoms in total. The van der Waals surface area contributed by atoms with Crippen LogP contribution in [0.25, 0.3) is 0 Å². The van der Waals surface area contributed by atoms with Gasteiger partial charge in [0.25, 0.3) is 0 Å². The molecular weight excluding hydrogens is 266 g/mol. The summed E-state index contributed by atoms with van der Waals surface area (Å²) in [5.74, 6) is 2.54. The average Bonchev–Trinajstić information content (AvgIpc) is 2.92. The number of hydrogen-bond donors (Lipinski definition) is 1. The van der Waals surface area contributed by atoms with Crippen molar-refractivity contribution in [2.24, 2.45) is 0 Å². The monoisotopic (exact) mass is 289 g/mol. The van der Waals surface area contributed by atoms with E-state index in [4.69, 9.17) is 4.74 Å². The van der Waals surface area contributed by atoms with Gasteiger partial charge < -0.3 is 14.6 Å². The summed E-state index contributed by atoms with van der Waals surface area (Å²) >= 11 is 0. The molecule has 0 aromatic carbocycles. The van der Waals surface area contributed by atoms with Gasteiger partial charge >= 0.3 is 0 Å². The SMILES string of the molecule is CCCn1ccnc1Cc1cc(NC)nc(COCC)n1. The standard InChI is InChI=1S/C15H23N5O/c1-4-7-20-8-6-17-15(20)10-12-9-13(16-3)19-14(18-12)11-21-5-2/h6,8-9H,4-5,7,10-11H2,1-3H3,(H,16,18,19). The lowest BCUT2D eigenvalue weighted by molar-refractivity contribution is 0.128. The van der Waals surface area contributed by atoms with Crippen LogP contribution < -0.4 is 5.32 Å². The van der Waals surface area contributed by atoms with E-state index in [9.17, 15) is 0 Å². The topological polar surface area (TPSA) is 64.9 Å². The van der Waals surface area contributed by atoms with Crippen molar-refractivity contribution in [3.8, 4) is 0 Å². The van der Waals surface area contributed by atoms with Gasteiger partial charge in [0, 0.05) is 45.1 Å². The maximum atomic E-state index is 5.40. The second kappa shape index (κ2) is 7.73. The van der Waals surface area contributed by atoms with Crippen molar-refractivity contribution in [1.82, 2.24) is 19.5 Å². The summed E-state index contributed by atoms with van der Waals surface area (Å²) in [5, 5.41) is 3.07. The highest BCUT2D eigenvalue weighted by atomic mass is 16.5. The summed E-state index contributed by atoms with van der Waals surface area (Å²) in [6.45, 7) is 6.19. The van der Waals surface area contributed by atoms with Crippen molar-refractivity contribution >= 4 is 5.82 Å². The van der Waals surface area contributed by atoms with Gasteiger partial charge in [-0.05, 0) is 13.3 Å². The number of ether oxygens (including phenoxy) is 1. The molecule has 2 heterocycles. The fourth-order valence-electron chi connectivity index (χ4n) is 2.14. The highest BCUT2D eigenvalue weighted by Crippen LogP contribution is 2.12. The second-order valence-electron chi connectivity index (χ2n) is 4.76. The normalized spacial score (nSPS) is 10.8. The number of aromatic nitrogens is 4. The lowest BCUT2D eigenvalue weighted by Gasteiger charge is -2.09. The number of hydrogen-bond acceptors (Lipinski definition) is 5. The Labute approximate surface area is 125 Å². The molecule has 0 atom stereocenters. The van der Waals surface area contributed by atoms with Gasteiger partial charge in [0.15, 0.2) is 5.82 Å². The number of aryl methyl sites for hydroxylation is 1. The van der Waals surface area contributed by atoms with Crippen molar-refractivity contribution in [3.63, 3.8) is 0 Å². The number of nitrogens with one attached hydrogen (secondary N) is 1. The molecule has 0 aliphatic rings. The largest absolute Gasteiger partial charge is 0.374 e. The van der Waals surface area contributed by atoms with Crippen molar-refractivity contribution in [2.75, 3.05) is 19.0 Å². The molecule has 1 N–H and O–H groups in total. The zero-order valence-electron chi connectivity index (χ0n) is 13.0. The third-order valence-corrected chi connectivity index (χ3v) is 3.12. The van der Waals surface area contributed by atoms with E-state index in [0.717, 1.165) is 30.3 Å². The number of imidazole rings is 1. The summed E-state index contributed by atoms with van der Waals surface area (Å²) in [6.07, 6.45) is 5.64. The quantitative estimate of drug-likeness (QED) is 0.807. The van der Waals surface area contributed by atoms with Gasteiger partial charge in [0.05, 0.1) is 5.69 Å². The van der Waals surface area contributed by atoms with Gasteiger partial charge in [-0.2, -0.15) is 0 Å². The minimum absolute atomic E-state index is 0.433. The maximum Gasteiger partial charge on any atom is 0.156 e. The summed E-state index contributed by atoms with van der Waals surface area (Å²) in [6, 6.07) is 1.96. The Morgan fingerprint density at radius 1 is 1.29 bits per heavy atom. The lowest BCUT2D eigenvalue weighted by atomic mass is 10.2. The molecule has 0 unspecified atom stereocenters. The summed E-state index contributed by atoms with van der Waals surface area (Å²) in [7, 11) is 1.86. The highest BCUT2D eigenvalue weighted by molar-refractivity contribution is 5.36. The zero-order valence-corrected chi connectivity index (χ0v) is 13.0. The van der Waals surface area contributed by atoms with Crippen molar-refractivity contribution in [1.29, 1.82) is 0 Å². The fourth-order valence-corrected chi connectivity index (χ4v) is 2.14. The molecule has 0 radical (unpaired) electrons. The fraction of sp³-hybridized carbons (Fsp3) is 0.533. The van der Waals surface area contributed by atoms with Crippen LogP contribution in [0.5, 0.6) is 0 Å². The zero-order chi connectivity index (χ0) is 15.1. The van der Waals surface area contributed by atoms with Crippen LogP contribution in [-0.4, -0.2) is 33.2 Å². The molecule has 0 spiro atoms. The van der Waals surface area contributed by atoms with Gasteiger partial charge in [-0.3, -0.25) is 0 Å². The van der Waals surface area contributed by atoms with E-state index >= 15 is 0 Å². The van der Waals surface area contributed by atoms with Crippen LogP contribution in [0, 0.1) is 0 Å². The smallest absolute Gasteiger partial charge is 0.156 e. The molecule has 0 aliphatic carbocycles. The molecule has 0 bridgehead atoms. The van der Waals surface area contributed by atoms with E-state index in [1.807, 2.05) is 32.4 Å². The molecule has 0 saturated carbocycles. The third kappa shape index (κ3) is 4.26. The predicted octanol–water partition coefficient (Wildman–Crippen LogP) is 2.25. The van der Waals surface area contributed by atoms with Crippen LogP contribution >= 0.6 is 0 Å². The van der Waals surface area contributed by atoms with Crippen LogP contribution in [0.3, 0.4) is 0 Å². The van der Waals surface area contributed by atoms with Crippen LogP contribution in [0.15, 0.2) is 18.5 Å². The van der Waals surface area contributed by atoms with Gasteiger partial charge in [-0.15, -0.1) is 0 Å². The number of nitrogens with zero attached hydrogens (tertiary/aromatic N) is 4. The molecule has 0 fully saturated rings. The Hall–Kier alpha value is -1.95. The first-order valence-corrected chi connectivity index (χ1v) is 7.39. The van der Waals surface area contributed by atoms with E-state index in [0.29, 0.717) is 25.5 Å². The maximum absolute atomic E-state index is 5.40. The van der Waals surface area contributed by atoms with Crippen LogP contribution in [0.4, 0.5) is 5.82 Å². The minimum Gasteiger partial charge on any atom is -0.374 e. The Bertz CT molecular complexity index is 567. The molecule has 0 amide bonds. The van der Waals surface area contributed by atoms with Crippen molar-refractivity contribution in [3.05, 3.63) is 35.8 Å². The predicted molar refractivity (Wildman–Crippen MR) is 82.2 cm³/mol. The summed E-state index contributed by atoms with van der Waals surface area (Å²) in [5.41, 5.74) is 0.951. The summed E-state index contributed by atoms with van der Waals surface area (Å²) in [4.78, 5) is 13.4. The van der Waals surface area contributed by atoms with Crippen LogP contribution in [0.1, 0.15) is 37.6 Å². The van der Waals surface area contributed by atoms with E-state index in [1.165, 1.54) is 0 Å². The Morgan fingerprint density at radius 3 is 2.86 bits per heavy atom. The van der Waals surface area contributed by atoms with E-state index < -0.39 is 0 Å².